The Morgan fingerprint density at radius 1 is 1.30 bits per heavy atom. The third-order valence-electron chi connectivity index (χ3n) is 2.11. The summed E-state index contributed by atoms with van der Waals surface area (Å²) in [6.07, 6.45) is 4.67. The Labute approximate surface area is 79.9 Å². The van der Waals surface area contributed by atoms with E-state index in [1.165, 1.54) is 18.2 Å². The van der Waals surface area contributed by atoms with E-state index in [-0.39, 0.29) is 6.10 Å². The van der Waals surface area contributed by atoms with Crippen LogP contribution in [0, 0.1) is 5.92 Å². The first-order valence-electron chi connectivity index (χ1n) is 3.74. The molecule has 0 aromatic carbocycles. The van der Waals surface area contributed by atoms with E-state index in [0.717, 1.165) is 30.5 Å². The third-order valence-corrected chi connectivity index (χ3v) is 5.24. The average molecular weight is 319 g/mol. The van der Waals surface area contributed by atoms with Crippen LogP contribution < -0.4 is 0 Å². The second kappa shape index (κ2) is 4.96. The van der Waals surface area contributed by atoms with Crippen molar-refractivity contribution in [1.29, 1.82) is 0 Å². The maximum absolute atomic E-state index is 9.20. The Bertz CT molecular complexity index is 91.6. The molecular formula is C7H13IOSe. The molecule has 1 nitrogen and oxygen atoms in total. The van der Waals surface area contributed by atoms with Crippen molar-refractivity contribution < 1.29 is 5.11 Å². The Balaban J connectivity index is 2.13. The van der Waals surface area contributed by atoms with Gasteiger partial charge in [0, 0.05) is 0 Å². The van der Waals surface area contributed by atoms with Gasteiger partial charge in [0.1, 0.15) is 0 Å². The maximum atomic E-state index is 9.20. The van der Waals surface area contributed by atoms with Gasteiger partial charge in [0.25, 0.3) is 0 Å². The quantitative estimate of drug-likeness (QED) is 0.610. The SMILES string of the molecule is OC1CCC(C[Se]I)CC1. The minimum atomic E-state index is 0.0259. The predicted octanol–water partition coefficient (Wildman–Crippen LogP) is 2.01. The molecule has 1 fully saturated rings. The van der Waals surface area contributed by atoms with Crippen LogP contribution in [0.25, 0.3) is 0 Å². The van der Waals surface area contributed by atoms with Crippen LogP contribution >= 0.6 is 20.3 Å². The van der Waals surface area contributed by atoms with Gasteiger partial charge in [-0.05, 0) is 0 Å². The molecule has 0 aromatic heterocycles. The second-order valence-corrected chi connectivity index (χ2v) is 7.34. The molecule has 0 aromatic rings. The molecule has 1 N–H and O–H groups in total. The summed E-state index contributed by atoms with van der Waals surface area (Å²) in [5, 5.41) is 10.6. The molecule has 0 spiro atoms. The zero-order chi connectivity index (χ0) is 7.40. The number of hydrogen-bond donors (Lipinski definition) is 1. The van der Waals surface area contributed by atoms with Crippen LogP contribution in [0.15, 0.2) is 0 Å². The fourth-order valence-electron chi connectivity index (χ4n) is 1.40. The van der Waals surface area contributed by atoms with Gasteiger partial charge in [-0.3, -0.25) is 0 Å². The molecule has 1 aliphatic rings. The van der Waals surface area contributed by atoms with Crippen molar-refractivity contribution in [3.8, 4) is 0 Å². The molecule has 3 heteroatoms. The van der Waals surface area contributed by atoms with E-state index in [1.807, 2.05) is 0 Å². The van der Waals surface area contributed by atoms with E-state index in [0.29, 0.717) is 0 Å². The summed E-state index contributed by atoms with van der Waals surface area (Å²) in [6, 6.07) is 0. The van der Waals surface area contributed by atoms with Gasteiger partial charge < -0.3 is 0 Å². The van der Waals surface area contributed by atoms with Crippen molar-refractivity contribution in [1.82, 2.24) is 0 Å². The van der Waals surface area contributed by atoms with Crippen molar-refractivity contribution in [2.45, 2.75) is 37.1 Å². The molecular weight excluding hydrogens is 306 g/mol. The molecule has 0 radical (unpaired) electrons. The number of aliphatic hydroxyl groups excluding tert-OH is 1. The zero-order valence-electron chi connectivity index (χ0n) is 5.92. The Morgan fingerprint density at radius 2 is 1.90 bits per heavy atom. The van der Waals surface area contributed by atoms with E-state index in [2.05, 4.69) is 20.3 Å². The first-order chi connectivity index (χ1) is 4.83. The van der Waals surface area contributed by atoms with Crippen LogP contribution in [0.4, 0.5) is 0 Å². The van der Waals surface area contributed by atoms with Crippen molar-refractivity contribution >= 4 is 32.1 Å². The molecule has 60 valence electrons. The van der Waals surface area contributed by atoms with Crippen LogP contribution in [0.5, 0.6) is 0 Å². The van der Waals surface area contributed by atoms with Gasteiger partial charge in [-0.15, -0.1) is 0 Å². The first kappa shape index (κ1) is 9.30. The third kappa shape index (κ3) is 3.07. The van der Waals surface area contributed by atoms with Crippen LogP contribution in [-0.2, 0) is 0 Å². The second-order valence-electron chi connectivity index (χ2n) is 2.95. The van der Waals surface area contributed by atoms with Crippen molar-refractivity contribution in [3.05, 3.63) is 0 Å². The van der Waals surface area contributed by atoms with E-state index in [1.54, 1.807) is 0 Å². The monoisotopic (exact) mass is 320 g/mol. The Morgan fingerprint density at radius 3 is 2.40 bits per heavy atom. The molecule has 0 saturated heterocycles. The van der Waals surface area contributed by atoms with Gasteiger partial charge in [0.2, 0.25) is 0 Å². The van der Waals surface area contributed by atoms with Gasteiger partial charge in [-0.2, -0.15) is 0 Å². The zero-order valence-corrected chi connectivity index (χ0v) is 9.79. The predicted molar refractivity (Wildman–Crippen MR) is 52.5 cm³/mol. The topological polar surface area (TPSA) is 20.2 Å². The van der Waals surface area contributed by atoms with E-state index in [9.17, 15) is 5.11 Å². The van der Waals surface area contributed by atoms with Gasteiger partial charge >= 0.3 is 80.2 Å². The van der Waals surface area contributed by atoms with Crippen LogP contribution in [0.1, 0.15) is 25.7 Å². The van der Waals surface area contributed by atoms with E-state index >= 15 is 0 Å². The number of halogens is 1. The summed E-state index contributed by atoms with van der Waals surface area (Å²) in [7, 11) is 0. The van der Waals surface area contributed by atoms with E-state index in [4.69, 9.17) is 0 Å². The summed E-state index contributed by atoms with van der Waals surface area (Å²) in [6.45, 7) is 0. The molecule has 0 atom stereocenters. The minimum absolute atomic E-state index is 0.0259. The molecule has 0 aliphatic heterocycles. The fraction of sp³-hybridized carbons (Fsp3) is 1.00. The first-order valence-corrected chi connectivity index (χ1v) is 10.2. The van der Waals surface area contributed by atoms with E-state index < -0.39 is 0 Å². The summed E-state index contributed by atoms with van der Waals surface area (Å²) in [4.78, 5) is 0. The Kier molecular flexibility index (Phi) is 4.61. The van der Waals surface area contributed by atoms with Crippen molar-refractivity contribution in [3.63, 3.8) is 0 Å². The molecule has 1 rings (SSSR count). The molecule has 1 saturated carbocycles. The van der Waals surface area contributed by atoms with Crippen LogP contribution in [0.2, 0.25) is 5.32 Å². The Hall–Kier alpha value is 1.21. The van der Waals surface area contributed by atoms with Gasteiger partial charge in [0.15, 0.2) is 0 Å². The molecule has 0 bridgehead atoms. The molecule has 0 amide bonds. The number of hydrogen-bond acceptors (Lipinski definition) is 1. The summed E-state index contributed by atoms with van der Waals surface area (Å²) in [5.41, 5.74) is 0. The van der Waals surface area contributed by atoms with Crippen molar-refractivity contribution in [2.75, 3.05) is 0 Å². The summed E-state index contributed by atoms with van der Waals surface area (Å²) in [5.74, 6) is 0.945. The van der Waals surface area contributed by atoms with Crippen LogP contribution in [0.3, 0.4) is 0 Å². The molecule has 0 unspecified atom stereocenters. The van der Waals surface area contributed by atoms with Gasteiger partial charge in [-0.1, -0.05) is 0 Å². The fourth-order valence-corrected chi connectivity index (χ4v) is 5.12. The average Bonchev–Trinajstić information content (AvgIpc) is 1.95. The number of rotatable bonds is 2. The number of aliphatic hydroxyl groups is 1. The van der Waals surface area contributed by atoms with Crippen molar-refractivity contribution in [2.24, 2.45) is 5.92 Å². The van der Waals surface area contributed by atoms with Crippen LogP contribution in [-0.4, -0.2) is 22.9 Å². The molecule has 10 heavy (non-hydrogen) atoms. The molecule has 1 aliphatic carbocycles. The normalized spacial score (nSPS) is 34.2. The summed E-state index contributed by atoms with van der Waals surface area (Å²) < 4.78 is 0. The standard InChI is InChI=1S/C7H13IOSe/c8-10-5-6-1-3-7(9)4-2-6/h6-7,9H,1-5H2. The summed E-state index contributed by atoms with van der Waals surface area (Å²) >= 11 is 3.31. The van der Waals surface area contributed by atoms with Gasteiger partial charge in [0.05, 0.1) is 0 Å². The van der Waals surface area contributed by atoms with Gasteiger partial charge in [-0.25, -0.2) is 0 Å². The molecule has 0 heterocycles.